The molecule has 0 saturated carbocycles. The highest BCUT2D eigenvalue weighted by atomic mass is 15.2. The first-order valence-electron chi connectivity index (χ1n) is 5.65. The normalized spacial score (nSPS) is 18.2. The van der Waals surface area contributed by atoms with Gasteiger partial charge in [0.25, 0.3) is 0 Å². The van der Waals surface area contributed by atoms with Crippen LogP contribution in [0.1, 0.15) is 36.9 Å². The highest BCUT2D eigenvalue weighted by Crippen LogP contribution is 2.23. The zero-order valence-corrected chi connectivity index (χ0v) is 9.53. The molecule has 1 aliphatic heterocycles. The fourth-order valence-electron chi connectivity index (χ4n) is 2.10. The van der Waals surface area contributed by atoms with Gasteiger partial charge in [0.1, 0.15) is 5.82 Å². The zero-order valence-electron chi connectivity index (χ0n) is 9.53. The zero-order chi connectivity index (χ0) is 10.8. The highest BCUT2D eigenvalue weighted by Gasteiger charge is 2.15. The summed E-state index contributed by atoms with van der Waals surface area (Å²) in [6.07, 6.45) is 4.48. The van der Waals surface area contributed by atoms with E-state index in [0.717, 1.165) is 24.5 Å². The number of hydrogen-bond donors (Lipinski definition) is 1. The third kappa shape index (κ3) is 2.12. The number of hydrogen-bond acceptors (Lipinski definition) is 3. The van der Waals surface area contributed by atoms with Gasteiger partial charge in [0.05, 0.1) is 0 Å². The number of rotatable bonds is 2. The Morgan fingerprint density at radius 2 is 2.07 bits per heavy atom. The van der Waals surface area contributed by atoms with Crippen LogP contribution in [-0.2, 0) is 0 Å². The Kier molecular flexibility index (Phi) is 2.91. The van der Waals surface area contributed by atoms with Gasteiger partial charge in [0, 0.05) is 25.3 Å². The number of nitrogens with zero attached hydrogens (tertiary/aromatic N) is 2. The molecule has 2 heterocycles. The maximum atomic E-state index is 5.83. The van der Waals surface area contributed by atoms with Gasteiger partial charge < -0.3 is 10.6 Å². The molecule has 1 aromatic rings. The topological polar surface area (TPSA) is 42.1 Å². The van der Waals surface area contributed by atoms with Crippen molar-refractivity contribution in [3.05, 3.63) is 23.4 Å². The smallest absolute Gasteiger partial charge is 0.131 e. The molecular weight excluding hydrogens is 186 g/mol. The number of aromatic nitrogens is 1. The van der Waals surface area contributed by atoms with Crippen molar-refractivity contribution >= 4 is 5.82 Å². The fourth-order valence-corrected chi connectivity index (χ4v) is 2.10. The van der Waals surface area contributed by atoms with E-state index in [4.69, 9.17) is 5.73 Å². The van der Waals surface area contributed by atoms with E-state index in [-0.39, 0.29) is 6.04 Å². The highest BCUT2D eigenvalue weighted by molar-refractivity contribution is 5.48. The van der Waals surface area contributed by atoms with E-state index in [1.165, 1.54) is 18.4 Å². The fraction of sp³-hybridized carbons (Fsp3) is 0.583. The average molecular weight is 205 g/mol. The van der Waals surface area contributed by atoms with Crippen molar-refractivity contribution in [1.82, 2.24) is 4.98 Å². The van der Waals surface area contributed by atoms with Crippen LogP contribution in [0.3, 0.4) is 0 Å². The monoisotopic (exact) mass is 205 g/mol. The molecule has 0 bridgehead atoms. The van der Waals surface area contributed by atoms with Crippen molar-refractivity contribution in [2.75, 3.05) is 18.0 Å². The first-order chi connectivity index (χ1) is 7.18. The second-order valence-corrected chi connectivity index (χ2v) is 4.39. The summed E-state index contributed by atoms with van der Waals surface area (Å²) in [5.41, 5.74) is 8.20. The van der Waals surface area contributed by atoms with Crippen LogP contribution in [0.2, 0.25) is 0 Å². The van der Waals surface area contributed by atoms with Crippen molar-refractivity contribution in [2.24, 2.45) is 5.73 Å². The minimum Gasteiger partial charge on any atom is -0.356 e. The van der Waals surface area contributed by atoms with Crippen LogP contribution < -0.4 is 10.6 Å². The molecule has 3 heteroatoms. The molecule has 3 nitrogen and oxygen atoms in total. The summed E-state index contributed by atoms with van der Waals surface area (Å²) in [5, 5.41) is 0. The first kappa shape index (κ1) is 10.4. The lowest BCUT2D eigenvalue weighted by Crippen LogP contribution is -2.20. The van der Waals surface area contributed by atoms with Gasteiger partial charge in [-0.1, -0.05) is 0 Å². The number of nitrogens with two attached hydrogens (primary N) is 1. The summed E-state index contributed by atoms with van der Waals surface area (Å²) in [6, 6.07) is 2.23. The van der Waals surface area contributed by atoms with Crippen LogP contribution in [0.5, 0.6) is 0 Å². The van der Waals surface area contributed by atoms with Crippen LogP contribution in [0.4, 0.5) is 5.82 Å². The van der Waals surface area contributed by atoms with Crippen LogP contribution in [-0.4, -0.2) is 18.1 Å². The molecule has 1 fully saturated rings. The van der Waals surface area contributed by atoms with E-state index >= 15 is 0 Å². The molecule has 82 valence electrons. The lowest BCUT2D eigenvalue weighted by atomic mass is 10.1. The molecule has 1 aliphatic rings. The van der Waals surface area contributed by atoms with Gasteiger partial charge in [-0.05, 0) is 43.9 Å². The van der Waals surface area contributed by atoms with Gasteiger partial charge in [-0.25, -0.2) is 4.98 Å². The van der Waals surface area contributed by atoms with Gasteiger partial charge in [-0.15, -0.1) is 0 Å². The molecule has 1 aromatic heterocycles. The third-order valence-corrected chi connectivity index (χ3v) is 3.00. The predicted octanol–water partition coefficient (Wildman–Crippen LogP) is 2.01. The van der Waals surface area contributed by atoms with Gasteiger partial charge in [-0.3, -0.25) is 0 Å². The van der Waals surface area contributed by atoms with Crippen molar-refractivity contribution in [2.45, 2.75) is 32.7 Å². The molecular formula is C12H19N3. The van der Waals surface area contributed by atoms with Crippen molar-refractivity contribution in [3.63, 3.8) is 0 Å². The van der Waals surface area contributed by atoms with E-state index in [1.807, 2.05) is 13.1 Å². The van der Waals surface area contributed by atoms with E-state index < -0.39 is 0 Å². The molecule has 2 N–H and O–H groups in total. The Balaban J connectivity index is 2.25. The van der Waals surface area contributed by atoms with Crippen molar-refractivity contribution in [1.29, 1.82) is 0 Å². The summed E-state index contributed by atoms with van der Waals surface area (Å²) in [5.74, 6) is 1.14. The lowest BCUT2D eigenvalue weighted by molar-refractivity contribution is 0.805. The summed E-state index contributed by atoms with van der Waals surface area (Å²) < 4.78 is 0. The average Bonchev–Trinajstić information content (AvgIpc) is 2.70. The Bertz CT molecular complexity index is 341. The van der Waals surface area contributed by atoms with Gasteiger partial charge in [0.15, 0.2) is 0 Å². The summed E-state index contributed by atoms with van der Waals surface area (Å²) in [4.78, 5) is 6.89. The maximum absolute atomic E-state index is 5.83. The van der Waals surface area contributed by atoms with Crippen LogP contribution >= 0.6 is 0 Å². The molecule has 0 aliphatic carbocycles. The quantitative estimate of drug-likeness (QED) is 0.803. The van der Waals surface area contributed by atoms with E-state index in [2.05, 4.69) is 22.9 Å². The molecule has 0 amide bonds. The van der Waals surface area contributed by atoms with Crippen molar-refractivity contribution < 1.29 is 0 Å². The Hall–Kier alpha value is -1.09. The maximum Gasteiger partial charge on any atom is 0.131 e. The molecule has 2 rings (SSSR count). The first-order valence-corrected chi connectivity index (χ1v) is 5.65. The van der Waals surface area contributed by atoms with Crippen LogP contribution in [0.15, 0.2) is 12.3 Å². The molecule has 0 aromatic carbocycles. The second-order valence-electron chi connectivity index (χ2n) is 4.39. The van der Waals surface area contributed by atoms with E-state index in [1.54, 1.807) is 0 Å². The molecule has 1 atom stereocenters. The van der Waals surface area contributed by atoms with E-state index in [0.29, 0.717) is 0 Å². The largest absolute Gasteiger partial charge is 0.356 e. The number of anilines is 1. The number of aryl methyl sites for hydroxylation is 1. The van der Waals surface area contributed by atoms with Gasteiger partial charge >= 0.3 is 0 Å². The minimum atomic E-state index is 0.0730. The molecule has 15 heavy (non-hydrogen) atoms. The van der Waals surface area contributed by atoms with Gasteiger partial charge in [-0.2, -0.15) is 0 Å². The van der Waals surface area contributed by atoms with Crippen LogP contribution in [0, 0.1) is 6.92 Å². The predicted molar refractivity (Wildman–Crippen MR) is 63.0 cm³/mol. The standard InChI is InChI=1S/C12H19N3/c1-9-7-11(10(2)13)8-14-12(9)15-5-3-4-6-15/h7-8,10H,3-6,13H2,1-2H3/t10-/m1/s1. The van der Waals surface area contributed by atoms with E-state index in [9.17, 15) is 0 Å². The Morgan fingerprint density at radius 1 is 1.40 bits per heavy atom. The Morgan fingerprint density at radius 3 is 2.60 bits per heavy atom. The molecule has 1 saturated heterocycles. The lowest BCUT2D eigenvalue weighted by Gasteiger charge is -2.19. The van der Waals surface area contributed by atoms with Crippen molar-refractivity contribution in [3.8, 4) is 0 Å². The van der Waals surface area contributed by atoms with Gasteiger partial charge in [0.2, 0.25) is 0 Å². The minimum absolute atomic E-state index is 0.0730. The summed E-state index contributed by atoms with van der Waals surface area (Å²) in [7, 11) is 0. The summed E-state index contributed by atoms with van der Waals surface area (Å²) in [6.45, 7) is 6.40. The third-order valence-electron chi connectivity index (χ3n) is 3.00. The molecule has 0 radical (unpaired) electrons. The SMILES string of the molecule is Cc1cc([C@@H](C)N)cnc1N1CCCC1. The number of pyridine rings is 1. The summed E-state index contributed by atoms with van der Waals surface area (Å²) >= 11 is 0. The Labute approximate surface area is 91.3 Å². The molecule has 0 unspecified atom stereocenters. The van der Waals surface area contributed by atoms with Crippen LogP contribution in [0.25, 0.3) is 0 Å². The molecule has 0 spiro atoms. The second kappa shape index (κ2) is 4.19.